The number of aryl methyl sites for hydroxylation is 2. The highest BCUT2D eigenvalue weighted by atomic mass is 79.9. The molecule has 2 rings (SSSR count). The van der Waals surface area contributed by atoms with Crippen LogP contribution < -0.4 is 10.6 Å². The van der Waals surface area contributed by atoms with Crippen LogP contribution in [0, 0.1) is 13.8 Å². The Hall–Kier alpha value is -2.15. The fraction of sp³-hybridized carbons (Fsp3) is 0.154. The topological polar surface area (TPSA) is 84.2 Å². The van der Waals surface area contributed by atoms with E-state index in [0.717, 1.165) is 10.0 Å². The number of hydrogen-bond donors (Lipinski definition) is 2. The van der Waals surface area contributed by atoms with E-state index < -0.39 is 11.8 Å². The summed E-state index contributed by atoms with van der Waals surface area (Å²) in [6.45, 7) is 3.52. The highest BCUT2D eigenvalue weighted by molar-refractivity contribution is 9.10. The Bertz CT molecular complexity index is 667. The Morgan fingerprint density at radius 3 is 2.45 bits per heavy atom. The van der Waals surface area contributed by atoms with Crippen molar-refractivity contribution in [2.45, 2.75) is 13.8 Å². The van der Waals surface area contributed by atoms with Crippen molar-refractivity contribution in [3.05, 3.63) is 40.1 Å². The number of halogens is 1. The normalized spacial score (nSPS) is 10.2. The summed E-state index contributed by atoms with van der Waals surface area (Å²) < 4.78 is 5.69. The van der Waals surface area contributed by atoms with Gasteiger partial charge in [0.1, 0.15) is 5.76 Å². The van der Waals surface area contributed by atoms with Crippen molar-refractivity contribution in [2.24, 2.45) is 0 Å². The van der Waals surface area contributed by atoms with E-state index in [2.05, 4.69) is 31.7 Å². The van der Waals surface area contributed by atoms with E-state index in [1.165, 1.54) is 6.07 Å². The second-order valence-electron chi connectivity index (χ2n) is 4.19. The Morgan fingerprint density at radius 2 is 1.85 bits per heavy atom. The summed E-state index contributed by atoms with van der Waals surface area (Å²) in [6, 6.07) is 6.86. The van der Waals surface area contributed by atoms with E-state index in [-0.39, 0.29) is 5.82 Å². The van der Waals surface area contributed by atoms with Gasteiger partial charge in [0.25, 0.3) is 0 Å². The van der Waals surface area contributed by atoms with Crippen LogP contribution in [-0.2, 0) is 9.59 Å². The van der Waals surface area contributed by atoms with E-state index in [9.17, 15) is 9.59 Å². The number of nitrogens with one attached hydrogen (secondary N) is 2. The number of rotatable bonds is 2. The minimum Gasteiger partial charge on any atom is -0.360 e. The van der Waals surface area contributed by atoms with E-state index in [0.29, 0.717) is 11.4 Å². The quantitative estimate of drug-likeness (QED) is 0.825. The van der Waals surface area contributed by atoms with Crippen LogP contribution in [-0.4, -0.2) is 17.0 Å². The number of aromatic nitrogens is 1. The summed E-state index contributed by atoms with van der Waals surface area (Å²) in [5.74, 6) is -0.823. The lowest BCUT2D eigenvalue weighted by Gasteiger charge is -2.08. The first-order valence-corrected chi connectivity index (χ1v) is 6.57. The standard InChI is InChI=1S/C13H12BrN3O3/c1-7-5-9(14)3-4-10(7)15-12(18)13(19)16-11-6-8(2)20-17-11/h3-6H,1-2H3,(H,15,18)(H,16,17,19). The number of anilines is 2. The Kier molecular flexibility index (Phi) is 4.19. The molecule has 0 saturated heterocycles. The van der Waals surface area contributed by atoms with Gasteiger partial charge >= 0.3 is 11.8 Å². The molecule has 20 heavy (non-hydrogen) atoms. The zero-order valence-corrected chi connectivity index (χ0v) is 12.4. The molecule has 0 aliphatic rings. The van der Waals surface area contributed by atoms with E-state index >= 15 is 0 Å². The van der Waals surface area contributed by atoms with Crippen molar-refractivity contribution in [3.8, 4) is 0 Å². The molecular formula is C13H12BrN3O3. The Morgan fingerprint density at radius 1 is 1.15 bits per heavy atom. The zero-order valence-electron chi connectivity index (χ0n) is 10.9. The average Bonchev–Trinajstić information content (AvgIpc) is 2.78. The smallest absolute Gasteiger partial charge is 0.315 e. The minimum absolute atomic E-state index is 0.204. The van der Waals surface area contributed by atoms with Gasteiger partial charge in [-0.1, -0.05) is 21.1 Å². The highest BCUT2D eigenvalue weighted by Gasteiger charge is 2.16. The number of benzene rings is 1. The molecule has 104 valence electrons. The summed E-state index contributed by atoms with van der Waals surface area (Å²) in [5, 5.41) is 8.46. The number of hydrogen-bond acceptors (Lipinski definition) is 4. The van der Waals surface area contributed by atoms with Gasteiger partial charge in [-0.15, -0.1) is 0 Å². The fourth-order valence-electron chi connectivity index (χ4n) is 1.54. The van der Waals surface area contributed by atoms with Crippen LogP contribution in [0.4, 0.5) is 11.5 Å². The molecule has 0 saturated carbocycles. The summed E-state index contributed by atoms with van der Waals surface area (Å²) >= 11 is 3.33. The molecule has 0 bridgehead atoms. The molecule has 6 nitrogen and oxygen atoms in total. The molecule has 1 aromatic carbocycles. The van der Waals surface area contributed by atoms with Gasteiger partial charge in [-0.25, -0.2) is 0 Å². The molecule has 2 amide bonds. The van der Waals surface area contributed by atoms with Crippen molar-refractivity contribution in [2.75, 3.05) is 10.6 Å². The number of amides is 2. The third-order valence-electron chi connectivity index (χ3n) is 2.51. The van der Waals surface area contributed by atoms with Crippen LogP contribution >= 0.6 is 15.9 Å². The van der Waals surface area contributed by atoms with Gasteiger partial charge < -0.3 is 9.84 Å². The molecule has 1 aromatic heterocycles. The lowest BCUT2D eigenvalue weighted by Crippen LogP contribution is -2.29. The maximum absolute atomic E-state index is 11.8. The van der Waals surface area contributed by atoms with Crippen LogP contribution in [0.5, 0.6) is 0 Å². The maximum Gasteiger partial charge on any atom is 0.315 e. The molecule has 2 N–H and O–H groups in total. The average molecular weight is 338 g/mol. The zero-order chi connectivity index (χ0) is 14.7. The van der Waals surface area contributed by atoms with Crippen LogP contribution in [0.3, 0.4) is 0 Å². The third kappa shape index (κ3) is 3.45. The van der Waals surface area contributed by atoms with Crippen LogP contribution in [0.25, 0.3) is 0 Å². The van der Waals surface area contributed by atoms with Crippen molar-refractivity contribution >= 4 is 39.2 Å². The summed E-state index contributed by atoms with van der Waals surface area (Å²) in [5.41, 5.74) is 1.42. The van der Waals surface area contributed by atoms with E-state index in [4.69, 9.17) is 4.52 Å². The van der Waals surface area contributed by atoms with Gasteiger partial charge in [0, 0.05) is 16.2 Å². The van der Waals surface area contributed by atoms with Gasteiger partial charge in [-0.3, -0.25) is 14.9 Å². The summed E-state index contributed by atoms with van der Waals surface area (Å²) in [6.07, 6.45) is 0. The molecule has 7 heteroatoms. The van der Waals surface area contributed by atoms with Crippen LogP contribution in [0.1, 0.15) is 11.3 Å². The second-order valence-corrected chi connectivity index (χ2v) is 5.11. The van der Waals surface area contributed by atoms with Crippen molar-refractivity contribution < 1.29 is 14.1 Å². The summed E-state index contributed by atoms with van der Waals surface area (Å²) in [4.78, 5) is 23.5. The second kappa shape index (κ2) is 5.87. The van der Waals surface area contributed by atoms with Crippen molar-refractivity contribution in [1.82, 2.24) is 5.16 Å². The largest absolute Gasteiger partial charge is 0.360 e. The molecule has 0 fully saturated rings. The van der Waals surface area contributed by atoms with Gasteiger partial charge in [-0.2, -0.15) is 0 Å². The number of nitrogens with zero attached hydrogens (tertiary/aromatic N) is 1. The molecule has 0 radical (unpaired) electrons. The fourth-order valence-corrected chi connectivity index (χ4v) is 2.02. The first kappa shape index (κ1) is 14.3. The molecule has 0 aliphatic carbocycles. The van der Waals surface area contributed by atoms with Gasteiger partial charge in [-0.05, 0) is 37.6 Å². The molecular weight excluding hydrogens is 326 g/mol. The monoisotopic (exact) mass is 337 g/mol. The predicted octanol–water partition coefficient (Wildman–Crippen LogP) is 2.63. The number of carbonyl (C=O) groups excluding carboxylic acids is 2. The maximum atomic E-state index is 11.8. The number of carbonyl (C=O) groups is 2. The SMILES string of the molecule is Cc1cc(NC(=O)C(=O)Nc2ccc(Br)cc2C)no1. The molecule has 0 aliphatic heterocycles. The van der Waals surface area contributed by atoms with Crippen molar-refractivity contribution in [3.63, 3.8) is 0 Å². The lowest BCUT2D eigenvalue weighted by molar-refractivity contribution is -0.133. The van der Waals surface area contributed by atoms with Gasteiger partial charge in [0.05, 0.1) is 0 Å². The third-order valence-corrected chi connectivity index (χ3v) is 3.01. The van der Waals surface area contributed by atoms with E-state index in [1.54, 1.807) is 19.1 Å². The van der Waals surface area contributed by atoms with Crippen LogP contribution in [0.2, 0.25) is 0 Å². The molecule has 2 aromatic rings. The van der Waals surface area contributed by atoms with E-state index in [1.807, 2.05) is 13.0 Å². The molecule has 0 spiro atoms. The molecule has 1 heterocycles. The Labute approximate surface area is 123 Å². The first-order valence-electron chi connectivity index (χ1n) is 5.77. The molecule has 0 atom stereocenters. The first-order chi connectivity index (χ1) is 9.45. The van der Waals surface area contributed by atoms with Crippen molar-refractivity contribution in [1.29, 1.82) is 0 Å². The van der Waals surface area contributed by atoms with Gasteiger partial charge in [0.15, 0.2) is 5.82 Å². The molecule has 0 unspecified atom stereocenters. The van der Waals surface area contributed by atoms with Crippen LogP contribution in [0.15, 0.2) is 33.3 Å². The minimum atomic E-state index is -0.805. The lowest BCUT2D eigenvalue weighted by atomic mass is 10.2. The predicted molar refractivity (Wildman–Crippen MR) is 77.4 cm³/mol. The summed E-state index contributed by atoms with van der Waals surface area (Å²) in [7, 11) is 0. The Balaban J connectivity index is 2.02. The van der Waals surface area contributed by atoms with Gasteiger partial charge in [0.2, 0.25) is 0 Å². The highest BCUT2D eigenvalue weighted by Crippen LogP contribution is 2.20.